The molecule has 1 aromatic rings. The second kappa shape index (κ2) is 10.9. The zero-order valence-corrected chi connectivity index (χ0v) is 17.4. The Kier molecular flexibility index (Phi) is 7.95. The number of hydrogen-bond donors (Lipinski definition) is 0. The van der Waals surface area contributed by atoms with Crippen molar-refractivity contribution in [2.24, 2.45) is 0 Å². The van der Waals surface area contributed by atoms with Gasteiger partial charge in [-0.3, -0.25) is 14.6 Å². The summed E-state index contributed by atoms with van der Waals surface area (Å²) < 4.78 is 10.7. The molecule has 0 unspecified atom stereocenters. The summed E-state index contributed by atoms with van der Waals surface area (Å²) >= 11 is 0. The standard InChI is InChI=1S/C20H29N5O5/c1-2-29-20(28)24-11-9-23(10-12-24)18(26)5-8-25(15-16-4-3-13-30-16)19(27)17-14-21-6-7-22-17/h6-7,14,16H,2-5,8-13,15H2,1H3/t16-/m1/s1. The molecule has 3 amide bonds. The normalized spacial score (nSPS) is 18.9. The van der Waals surface area contributed by atoms with Gasteiger partial charge >= 0.3 is 6.09 Å². The van der Waals surface area contributed by atoms with Crippen LogP contribution in [0.25, 0.3) is 0 Å². The summed E-state index contributed by atoms with van der Waals surface area (Å²) in [6.07, 6.45) is 6.14. The van der Waals surface area contributed by atoms with Crippen LogP contribution in [0.1, 0.15) is 36.7 Å². The minimum Gasteiger partial charge on any atom is -0.450 e. The first-order valence-electron chi connectivity index (χ1n) is 10.4. The lowest BCUT2D eigenvalue weighted by molar-refractivity contribution is -0.133. The fourth-order valence-electron chi connectivity index (χ4n) is 3.62. The third kappa shape index (κ3) is 5.88. The van der Waals surface area contributed by atoms with Crippen LogP contribution in [0.15, 0.2) is 18.6 Å². The van der Waals surface area contributed by atoms with Crippen LogP contribution in [0, 0.1) is 0 Å². The Morgan fingerprint density at radius 1 is 1.20 bits per heavy atom. The van der Waals surface area contributed by atoms with Gasteiger partial charge in [0.05, 0.1) is 18.9 Å². The third-order valence-corrected chi connectivity index (χ3v) is 5.27. The predicted octanol–water partition coefficient (Wildman–Crippen LogP) is 0.789. The number of hydrogen-bond acceptors (Lipinski definition) is 7. The highest BCUT2D eigenvalue weighted by Crippen LogP contribution is 2.15. The molecule has 0 saturated carbocycles. The van der Waals surface area contributed by atoms with Crippen LogP contribution in [0.2, 0.25) is 0 Å². The lowest BCUT2D eigenvalue weighted by Crippen LogP contribution is -2.51. The Morgan fingerprint density at radius 2 is 1.97 bits per heavy atom. The SMILES string of the molecule is CCOC(=O)N1CCN(C(=O)CCN(C[C@H]2CCCO2)C(=O)c2cnccn2)CC1. The first-order valence-corrected chi connectivity index (χ1v) is 10.4. The third-order valence-electron chi connectivity index (χ3n) is 5.27. The Bertz CT molecular complexity index is 718. The van der Waals surface area contributed by atoms with Crippen LogP contribution in [0.4, 0.5) is 4.79 Å². The smallest absolute Gasteiger partial charge is 0.409 e. The Hall–Kier alpha value is -2.75. The Morgan fingerprint density at radius 3 is 2.60 bits per heavy atom. The van der Waals surface area contributed by atoms with E-state index in [0.29, 0.717) is 45.9 Å². The summed E-state index contributed by atoms with van der Waals surface area (Å²) in [4.78, 5) is 50.4. The molecule has 2 saturated heterocycles. The van der Waals surface area contributed by atoms with E-state index in [1.54, 1.807) is 21.6 Å². The number of carbonyl (C=O) groups is 3. The van der Waals surface area contributed by atoms with Gasteiger partial charge in [0, 0.05) is 64.7 Å². The van der Waals surface area contributed by atoms with Crippen LogP contribution >= 0.6 is 0 Å². The summed E-state index contributed by atoms with van der Waals surface area (Å²) in [7, 11) is 0. The summed E-state index contributed by atoms with van der Waals surface area (Å²) in [5.74, 6) is -0.290. The molecule has 2 fully saturated rings. The molecule has 3 heterocycles. The number of aromatic nitrogens is 2. The molecule has 0 radical (unpaired) electrons. The number of amides is 3. The fraction of sp³-hybridized carbons (Fsp3) is 0.650. The predicted molar refractivity (Wildman–Crippen MR) is 107 cm³/mol. The van der Waals surface area contributed by atoms with Gasteiger partial charge in [0.2, 0.25) is 5.91 Å². The topological polar surface area (TPSA) is 105 Å². The maximum Gasteiger partial charge on any atom is 0.409 e. The molecule has 0 bridgehead atoms. The van der Waals surface area contributed by atoms with E-state index in [2.05, 4.69) is 9.97 Å². The van der Waals surface area contributed by atoms with Gasteiger partial charge in [0.25, 0.3) is 5.91 Å². The molecule has 30 heavy (non-hydrogen) atoms. The summed E-state index contributed by atoms with van der Waals surface area (Å²) in [5.41, 5.74) is 0.256. The van der Waals surface area contributed by atoms with E-state index < -0.39 is 0 Å². The Labute approximate surface area is 176 Å². The van der Waals surface area contributed by atoms with Crippen molar-refractivity contribution in [1.29, 1.82) is 0 Å². The fourth-order valence-corrected chi connectivity index (χ4v) is 3.62. The van der Waals surface area contributed by atoms with Gasteiger partial charge in [0.15, 0.2) is 0 Å². The van der Waals surface area contributed by atoms with Crippen molar-refractivity contribution < 1.29 is 23.9 Å². The summed E-state index contributed by atoms with van der Waals surface area (Å²) in [6, 6.07) is 0. The number of rotatable bonds is 7. The second-order valence-electron chi connectivity index (χ2n) is 7.29. The molecule has 164 valence electrons. The number of nitrogens with zero attached hydrogens (tertiary/aromatic N) is 5. The Balaban J connectivity index is 1.53. The van der Waals surface area contributed by atoms with Crippen molar-refractivity contribution >= 4 is 17.9 Å². The zero-order chi connectivity index (χ0) is 21.3. The van der Waals surface area contributed by atoms with Crippen LogP contribution < -0.4 is 0 Å². The van der Waals surface area contributed by atoms with E-state index in [0.717, 1.165) is 12.8 Å². The maximum atomic E-state index is 12.9. The minimum absolute atomic E-state index is 0.0196. The highest BCUT2D eigenvalue weighted by molar-refractivity contribution is 5.92. The average Bonchev–Trinajstić information content (AvgIpc) is 3.30. The van der Waals surface area contributed by atoms with Crippen molar-refractivity contribution in [2.45, 2.75) is 32.3 Å². The zero-order valence-electron chi connectivity index (χ0n) is 17.4. The lowest BCUT2D eigenvalue weighted by Gasteiger charge is -2.34. The van der Waals surface area contributed by atoms with Crippen molar-refractivity contribution in [3.8, 4) is 0 Å². The minimum atomic E-state index is -0.345. The molecule has 2 aliphatic rings. The van der Waals surface area contributed by atoms with Crippen molar-refractivity contribution in [1.82, 2.24) is 24.7 Å². The van der Waals surface area contributed by atoms with E-state index in [1.807, 2.05) is 0 Å². The molecule has 10 nitrogen and oxygen atoms in total. The van der Waals surface area contributed by atoms with E-state index in [1.165, 1.54) is 18.6 Å². The van der Waals surface area contributed by atoms with Crippen LogP contribution in [0.3, 0.4) is 0 Å². The van der Waals surface area contributed by atoms with E-state index >= 15 is 0 Å². The molecule has 2 aliphatic heterocycles. The van der Waals surface area contributed by atoms with Crippen LogP contribution in [-0.2, 0) is 14.3 Å². The van der Waals surface area contributed by atoms with Gasteiger partial charge in [-0.25, -0.2) is 9.78 Å². The van der Waals surface area contributed by atoms with Crippen LogP contribution in [0.5, 0.6) is 0 Å². The molecule has 0 aromatic carbocycles. The van der Waals surface area contributed by atoms with Gasteiger partial charge in [-0.1, -0.05) is 0 Å². The van der Waals surface area contributed by atoms with Gasteiger partial charge < -0.3 is 24.2 Å². The van der Waals surface area contributed by atoms with Crippen molar-refractivity contribution in [3.63, 3.8) is 0 Å². The summed E-state index contributed by atoms with van der Waals surface area (Å²) in [5, 5.41) is 0. The first-order chi connectivity index (χ1) is 14.6. The number of carbonyl (C=O) groups excluding carboxylic acids is 3. The molecular formula is C20H29N5O5. The average molecular weight is 419 g/mol. The van der Waals surface area contributed by atoms with E-state index in [-0.39, 0.29) is 42.7 Å². The van der Waals surface area contributed by atoms with E-state index in [4.69, 9.17) is 9.47 Å². The monoisotopic (exact) mass is 419 g/mol. The first kappa shape index (κ1) is 21.9. The van der Waals surface area contributed by atoms with Crippen LogP contribution in [-0.4, -0.2) is 101 Å². The molecule has 10 heteroatoms. The van der Waals surface area contributed by atoms with Gasteiger partial charge in [0.1, 0.15) is 5.69 Å². The number of ether oxygens (including phenoxy) is 2. The van der Waals surface area contributed by atoms with Crippen molar-refractivity contribution in [3.05, 3.63) is 24.3 Å². The van der Waals surface area contributed by atoms with E-state index in [9.17, 15) is 14.4 Å². The van der Waals surface area contributed by atoms with Gasteiger partial charge in [-0.15, -0.1) is 0 Å². The van der Waals surface area contributed by atoms with Crippen molar-refractivity contribution in [2.75, 3.05) is 52.5 Å². The molecule has 1 aromatic heterocycles. The second-order valence-corrected chi connectivity index (χ2v) is 7.29. The highest BCUT2D eigenvalue weighted by Gasteiger charge is 2.27. The molecule has 0 N–H and O–H groups in total. The van der Waals surface area contributed by atoms with Gasteiger partial charge in [-0.2, -0.15) is 0 Å². The summed E-state index contributed by atoms with van der Waals surface area (Å²) in [6.45, 7) is 5.32. The highest BCUT2D eigenvalue weighted by atomic mass is 16.6. The molecule has 3 rings (SSSR count). The molecular weight excluding hydrogens is 390 g/mol. The lowest BCUT2D eigenvalue weighted by atomic mass is 10.2. The molecule has 0 spiro atoms. The largest absolute Gasteiger partial charge is 0.450 e. The number of piperazine rings is 1. The quantitative estimate of drug-likeness (QED) is 0.643. The molecule has 1 atom stereocenters. The maximum absolute atomic E-state index is 12.9. The van der Waals surface area contributed by atoms with Gasteiger partial charge in [-0.05, 0) is 19.8 Å². The molecule has 0 aliphatic carbocycles.